The molecule has 1 atom stereocenters. The predicted octanol–water partition coefficient (Wildman–Crippen LogP) is 5.09. The van der Waals surface area contributed by atoms with Gasteiger partial charge in [-0.3, -0.25) is 4.98 Å². The Kier molecular flexibility index (Phi) is 5.27. The minimum Gasteiger partial charge on any atom is -0.367 e. The minimum atomic E-state index is 0.589. The van der Waals surface area contributed by atoms with Gasteiger partial charge in [-0.25, -0.2) is 4.98 Å². The Hall–Kier alpha value is -1.90. The van der Waals surface area contributed by atoms with E-state index in [9.17, 15) is 0 Å². The van der Waals surface area contributed by atoms with Crippen molar-refractivity contribution >= 4 is 5.82 Å². The second-order valence-electron chi connectivity index (χ2n) is 6.78. The van der Waals surface area contributed by atoms with Gasteiger partial charge in [0.25, 0.3) is 0 Å². The van der Waals surface area contributed by atoms with Gasteiger partial charge >= 0.3 is 0 Å². The van der Waals surface area contributed by atoms with Crippen LogP contribution in [-0.4, -0.2) is 16.0 Å². The van der Waals surface area contributed by atoms with E-state index in [0.717, 1.165) is 23.5 Å². The summed E-state index contributed by atoms with van der Waals surface area (Å²) < 4.78 is 0. The van der Waals surface area contributed by atoms with Crippen molar-refractivity contribution in [3.8, 4) is 11.3 Å². The highest BCUT2D eigenvalue weighted by molar-refractivity contribution is 5.62. The summed E-state index contributed by atoms with van der Waals surface area (Å²) in [6.07, 6.45) is 11.2. The first kappa shape index (κ1) is 16.0. The molecule has 1 saturated carbocycles. The quantitative estimate of drug-likeness (QED) is 0.808. The van der Waals surface area contributed by atoms with Gasteiger partial charge < -0.3 is 5.32 Å². The highest BCUT2D eigenvalue weighted by Crippen LogP contribution is 2.27. The molecule has 0 saturated heterocycles. The molecule has 2 aromatic rings. The molecule has 0 aliphatic heterocycles. The van der Waals surface area contributed by atoms with Crippen LogP contribution in [0.1, 0.15) is 51.5 Å². The van der Waals surface area contributed by atoms with Crippen LogP contribution in [0.25, 0.3) is 11.3 Å². The van der Waals surface area contributed by atoms with Gasteiger partial charge in [-0.1, -0.05) is 39.2 Å². The lowest BCUT2D eigenvalue weighted by Crippen LogP contribution is -2.17. The molecule has 3 rings (SSSR count). The molecule has 0 aromatic carbocycles. The number of anilines is 1. The molecule has 122 valence electrons. The van der Waals surface area contributed by atoms with E-state index >= 15 is 0 Å². The lowest BCUT2D eigenvalue weighted by molar-refractivity contribution is 0.559. The average molecular weight is 309 g/mol. The fourth-order valence-electron chi connectivity index (χ4n) is 3.24. The summed E-state index contributed by atoms with van der Waals surface area (Å²) >= 11 is 0. The van der Waals surface area contributed by atoms with Crippen LogP contribution in [0.4, 0.5) is 5.82 Å². The molecule has 1 fully saturated rings. The van der Waals surface area contributed by atoms with Crippen molar-refractivity contribution in [2.24, 2.45) is 5.92 Å². The van der Waals surface area contributed by atoms with Crippen molar-refractivity contribution in [3.05, 3.63) is 42.2 Å². The van der Waals surface area contributed by atoms with Crippen LogP contribution in [0.3, 0.4) is 0 Å². The maximum Gasteiger partial charge on any atom is 0.130 e. The van der Waals surface area contributed by atoms with Gasteiger partial charge in [0.05, 0.1) is 5.69 Å². The third kappa shape index (κ3) is 4.10. The van der Waals surface area contributed by atoms with E-state index in [0.29, 0.717) is 12.0 Å². The molecule has 1 aliphatic carbocycles. The van der Waals surface area contributed by atoms with Crippen LogP contribution >= 0.6 is 0 Å². The van der Waals surface area contributed by atoms with E-state index in [1.54, 1.807) is 0 Å². The zero-order valence-electron chi connectivity index (χ0n) is 14.3. The van der Waals surface area contributed by atoms with Crippen LogP contribution in [0.5, 0.6) is 0 Å². The zero-order valence-corrected chi connectivity index (χ0v) is 14.3. The summed E-state index contributed by atoms with van der Waals surface area (Å²) in [5.41, 5.74) is 3.51. The highest BCUT2D eigenvalue weighted by Gasteiger charge is 2.18. The van der Waals surface area contributed by atoms with Crippen molar-refractivity contribution < 1.29 is 0 Å². The number of aromatic nitrogens is 2. The Bertz CT molecular complexity index is 618. The van der Waals surface area contributed by atoms with Gasteiger partial charge in [0.2, 0.25) is 0 Å². The van der Waals surface area contributed by atoms with Gasteiger partial charge in [0, 0.05) is 24.0 Å². The van der Waals surface area contributed by atoms with Crippen LogP contribution in [0.2, 0.25) is 0 Å². The first-order valence-corrected chi connectivity index (χ1v) is 8.93. The average Bonchev–Trinajstić information content (AvgIpc) is 3.10. The van der Waals surface area contributed by atoms with Crippen molar-refractivity contribution in [3.63, 3.8) is 0 Å². The maximum absolute atomic E-state index is 4.95. The highest BCUT2D eigenvalue weighted by atomic mass is 15.0. The van der Waals surface area contributed by atoms with E-state index in [1.807, 2.05) is 24.5 Å². The van der Waals surface area contributed by atoms with E-state index < -0.39 is 0 Å². The molecule has 0 bridgehead atoms. The van der Waals surface area contributed by atoms with Gasteiger partial charge in [-0.15, -0.1) is 0 Å². The first-order chi connectivity index (χ1) is 11.3. The van der Waals surface area contributed by atoms with Gasteiger partial charge in [-0.05, 0) is 48.9 Å². The summed E-state index contributed by atoms with van der Waals surface area (Å²) in [6, 6.07) is 9.04. The van der Waals surface area contributed by atoms with E-state index in [2.05, 4.69) is 36.3 Å². The first-order valence-electron chi connectivity index (χ1n) is 8.93. The molecule has 23 heavy (non-hydrogen) atoms. The van der Waals surface area contributed by atoms with E-state index in [1.165, 1.54) is 37.7 Å². The van der Waals surface area contributed by atoms with Gasteiger partial charge in [0.1, 0.15) is 5.82 Å². The Morgan fingerprint density at radius 3 is 2.57 bits per heavy atom. The molecular formula is C20H27N3. The Morgan fingerprint density at radius 1 is 1.13 bits per heavy atom. The minimum absolute atomic E-state index is 0.589. The summed E-state index contributed by atoms with van der Waals surface area (Å²) in [5, 5.41) is 3.72. The summed E-state index contributed by atoms with van der Waals surface area (Å²) in [4.78, 5) is 9.06. The predicted molar refractivity (Wildman–Crippen MR) is 96.5 cm³/mol. The molecule has 0 radical (unpaired) electrons. The SMILES string of the molecule is CCC(C)Cc1ccc(-c2ccncc2)nc1NC1CCCC1. The summed E-state index contributed by atoms with van der Waals surface area (Å²) in [6.45, 7) is 4.57. The van der Waals surface area contributed by atoms with Crippen molar-refractivity contribution in [1.82, 2.24) is 9.97 Å². The Balaban J connectivity index is 1.89. The molecule has 3 nitrogen and oxygen atoms in total. The lowest BCUT2D eigenvalue weighted by atomic mass is 9.98. The van der Waals surface area contributed by atoms with Crippen molar-refractivity contribution in [1.29, 1.82) is 0 Å². The van der Waals surface area contributed by atoms with Crippen LogP contribution in [0, 0.1) is 5.92 Å². The third-order valence-corrected chi connectivity index (χ3v) is 4.92. The lowest BCUT2D eigenvalue weighted by Gasteiger charge is -2.19. The zero-order chi connectivity index (χ0) is 16.1. The van der Waals surface area contributed by atoms with E-state index in [4.69, 9.17) is 4.98 Å². The normalized spacial score (nSPS) is 16.4. The summed E-state index contributed by atoms with van der Waals surface area (Å²) in [7, 11) is 0. The fourth-order valence-corrected chi connectivity index (χ4v) is 3.24. The number of rotatable bonds is 6. The van der Waals surface area contributed by atoms with Gasteiger partial charge in [0.15, 0.2) is 0 Å². The molecule has 0 amide bonds. The number of nitrogens with zero attached hydrogens (tertiary/aromatic N) is 2. The van der Waals surface area contributed by atoms with Crippen LogP contribution in [-0.2, 0) is 6.42 Å². The van der Waals surface area contributed by atoms with Crippen LogP contribution in [0.15, 0.2) is 36.7 Å². The molecule has 0 spiro atoms. The van der Waals surface area contributed by atoms with Crippen LogP contribution < -0.4 is 5.32 Å². The molecule has 2 heterocycles. The number of hydrogen-bond donors (Lipinski definition) is 1. The number of nitrogens with one attached hydrogen (secondary N) is 1. The second kappa shape index (κ2) is 7.58. The van der Waals surface area contributed by atoms with Gasteiger partial charge in [-0.2, -0.15) is 0 Å². The standard InChI is InChI=1S/C20H27N3/c1-3-15(2)14-17-8-9-19(16-10-12-21-13-11-16)23-20(17)22-18-6-4-5-7-18/h8-13,15,18H,3-7,14H2,1-2H3,(H,22,23). The third-order valence-electron chi connectivity index (χ3n) is 4.92. The monoisotopic (exact) mass is 309 g/mol. The van der Waals surface area contributed by atoms with Crippen molar-refractivity contribution in [2.75, 3.05) is 5.32 Å². The molecular weight excluding hydrogens is 282 g/mol. The fraction of sp³-hybridized carbons (Fsp3) is 0.500. The molecule has 1 aliphatic rings. The van der Waals surface area contributed by atoms with E-state index in [-0.39, 0.29) is 0 Å². The Labute approximate surface area is 139 Å². The smallest absolute Gasteiger partial charge is 0.130 e. The number of pyridine rings is 2. The molecule has 2 aromatic heterocycles. The molecule has 3 heteroatoms. The molecule has 1 N–H and O–H groups in total. The Morgan fingerprint density at radius 2 is 1.87 bits per heavy atom. The van der Waals surface area contributed by atoms with Crippen molar-refractivity contribution in [2.45, 2.75) is 58.4 Å². The largest absolute Gasteiger partial charge is 0.367 e. The summed E-state index contributed by atoms with van der Waals surface area (Å²) in [5.74, 6) is 1.78. The topological polar surface area (TPSA) is 37.8 Å². The molecule has 1 unspecified atom stereocenters. The number of hydrogen-bond acceptors (Lipinski definition) is 3. The second-order valence-corrected chi connectivity index (χ2v) is 6.78. The maximum atomic E-state index is 4.95.